The van der Waals surface area contributed by atoms with Crippen LogP contribution < -0.4 is 0 Å². The summed E-state index contributed by atoms with van der Waals surface area (Å²) in [5.74, 6) is 0.281. The van der Waals surface area contributed by atoms with Gasteiger partial charge >= 0.3 is 0 Å². The molecule has 0 saturated carbocycles. The monoisotopic (exact) mass is 180 g/mol. The van der Waals surface area contributed by atoms with Crippen LogP contribution in [0.2, 0.25) is 0 Å². The predicted octanol–water partition coefficient (Wildman–Crippen LogP) is 1.31. The minimum Gasteiger partial charge on any atom is -0.508 e. The minimum atomic E-state index is 0.281. The molecular formula is C10H12O3. The summed E-state index contributed by atoms with van der Waals surface area (Å²) in [4.78, 5) is 0. The number of phenolic OH excluding ortho intramolecular Hbond substituents is 1. The number of hydrogen-bond acceptors (Lipinski definition) is 3. The van der Waals surface area contributed by atoms with Gasteiger partial charge in [0.05, 0.1) is 19.8 Å². The van der Waals surface area contributed by atoms with Gasteiger partial charge in [-0.15, -0.1) is 0 Å². The van der Waals surface area contributed by atoms with E-state index < -0.39 is 0 Å². The molecule has 2 rings (SSSR count). The zero-order valence-electron chi connectivity index (χ0n) is 7.27. The lowest BCUT2D eigenvalue weighted by Gasteiger charge is -2.02. The van der Waals surface area contributed by atoms with Crippen LogP contribution in [0.1, 0.15) is 5.56 Å². The van der Waals surface area contributed by atoms with E-state index in [0.717, 1.165) is 12.2 Å². The Labute approximate surface area is 76.9 Å². The zero-order chi connectivity index (χ0) is 9.10. The fourth-order valence-corrected chi connectivity index (χ4v) is 1.12. The Bertz CT molecular complexity index is 281. The third-order valence-electron chi connectivity index (χ3n) is 1.89. The van der Waals surface area contributed by atoms with Crippen molar-refractivity contribution >= 4 is 0 Å². The van der Waals surface area contributed by atoms with Gasteiger partial charge in [0.1, 0.15) is 11.9 Å². The fourth-order valence-electron chi connectivity index (χ4n) is 1.12. The van der Waals surface area contributed by atoms with E-state index in [9.17, 15) is 0 Å². The van der Waals surface area contributed by atoms with E-state index >= 15 is 0 Å². The molecule has 1 aliphatic heterocycles. The quantitative estimate of drug-likeness (QED) is 0.710. The molecule has 3 heteroatoms. The average Bonchev–Trinajstić information content (AvgIpc) is 2.88. The number of rotatable bonds is 4. The van der Waals surface area contributed by atoms with Gasteiger partial charge in [0, 0.05) is 0 Å². The Balaban J connectivity index is 1.79. The summed E-state index contributed by atoms with van der Waals surface area (Å²) in [5.41, 5.74) is 0.987. The van der Waals surface area contributed by atoms with Gasteiger partial charge in [-0.3, -0.25) is 0 Å². The average molecular weight is 180 g/mol. The van der Waals surface area contributed by atoms with Crippen LogP contribution in [0.5, 0.6) is 5.75 Å². The smallest absolute Gasteiger partial charge is 0.115 e. The van der Waals surface area contributed by atoms with Gasteiger partial charge in [-0.25, -0.2) is 0 Å². The van der Waals surface area contributed by atoms with Crippen molar-refractivity contribution in [1.29, 1.82) is 0 Å². The van der Waals surface area contributed by atoms with Gasteiger partial charge in [0.25, 0.3) is 0 Å². The summed E-state index contributed by atoms with van der Waals surface area (Å²) in [6.07, 6.45) is 0.303. The normalized spacial score (nSPS) is 20.2. The van der Waals surface area contributed by atoms with E-state index in [1.807, 2.05) is 12.1 Å². The summed E-state index contributed by atoms with van der Waals surface area (Å²) >= 11 is 0. The Hall–Kier alpha value is -1.06. The highest BCUT2D eigenvalue weighted by molar-refractivity contribution is 5.26. The maximum absolute atomic E-state index is 9.15. The highest BCUT2D eigenvalue weighted by Gasteiger charge is 2.22. The van der Waals surface area contributed by atoms with Crippen LogP contribution in [-0.4, -0.2) is 24.4 Å². The lowest BCUT2D eigenvalue weighted by molar-refractivity contribution is 0.104. The minimum absolute atomic E-state index is 0.281. The number of phenols is 1. The van der Waals surface area contributed by atoms with Gasteiger partial charge in [0.2, 0.25) is 0 Å². The molecule has 1 heterocycles. The lowest BCUT2D eigenvalue weighted by Crippen LogP contribution is -2.00. The summed E-state index contributed by atoms with van der Waals surface area (Å²) in [7, 11) is 0. The Morgan fingerprint density at radius 3 is 3.08 bits per heavy atom. The molecule has 0 radical (unpaired) electrons. The lowest BCUT2D eigenvalue weighted by atomic mass is 10.2. The molecule has 1 N–H and O–H groups in total. The van der Waals surface area contributed by atoms with Crippen molar-refractivity contribution in [2.75, 3.05) is 13.2 Å². The van der Waals surface area contributed by atoms with Crippen molar-refractivity contribution < 1.29 is 14.6 Å². The van der Waals surface area contributed by atoms with E-state index in [0.29, 0.717) is 19.3 Å². The third kappa shape index (κ3) is 2.72. The van der Waals surface area contributed by atoms with E-state index in [-0.39, 0.29) is 5.75 Å². The van der Waals surface area contributed by atoms with Crippen molar-refractivity contribution in [3.63, 3.8) is 0 Å². The molecule has 13 heavy (non-hydrogen) atoms. The number of benzene rings is 1. The largest absolute Gasteiger partial charge is 0.508 e. The number of hydrogen-bond donors (Lipinski definition) is 1. The summed E-state index contributed by atoms with van der Waals surface area (Å²) in [5, 5.41) is 9.15. The Kier molecular flexibility index (Phi) is 2.47. The van der Waals surface area contributed by atoms with Crippen molar-refractivity contribution in [3.8, 4) is 5.75 Å². The highest BCUT2D eigenvalue weighted by atomic mass is 16.6. The van der Waals surface area contributed by atoms with Gasteiger partial charge in [-0.1, -0.05) is 12.1 Å². The molecule has 0 bridgehead atoms. The van der Waals surface area contributed by atoms with Gasteiger partial charge < -0.3 is 14.6 Å². The first-order valence-corrected chi connectivity index (χ1v) is 4.32. The van der Waals surface area contributed by atoms with Gasteiger partial charge in [0.15, 0.2) is 0 Å². The second kappa shape index (κ2) is 3.77. The standard InChI is InChI=1S/C10H12O3/c11-9-3-1-2-8(4-9)5-12-6-10-7-13-10/h1-4,10-11H,5-7H2. The topological polar surface area (TPSA) is 42.0 Å². The highest BCUT2D eigenvalue weighted by Crippen LogP contribution is 2.13. The number of epoxide rings is 1. The maximum Gasteiger partial charge on any atom is 0.115 e. The fraction of sp³-hybridized carbons (Fsp3) is 0.400. The van der Waals surface area contributed by atoms with Gasteiger partial charge in [-0.2, -0.15) is 0 Å². The van der Waals surface area contributed by atoms with Gasteiger partial charge in [-0.05, 0) is 17.7 Å². The Morgan fingerprint density at radius 1 is 1.54 bits per heavy atom. The van der Waals surface area contributed by atoms with Crippen LogP contribution in [0, 0.1) is 0 Å². The molecule has 0 amide bonds. The predicted molar refractivity (Wildman–Crippen MR) is 47.5 cm³/mol. The first kappa shape index (κ1) is 8.53. The summed E-state index contributed by atoms with van der Waals surface area (Å²) in [6.45, 7) is 2.00. The zero-order valence-corrected chi connectivity index (χ0v) is 7.27. The molecule has 1 fully saturated rings. The van der Waals surface area contributed by atoms with Crippen LogP contribution in [-0.2, 0) is 16.1 Å². The molecule has 1 saturated heterocycles. The van der Waals surface area contributed by atoms with Crippen LogP contribution in [0.4, 0.5) is 0 Å². The van der Waals surface area contributed by atoms with E-state index in [1.54, 1.807) is 12.1 Å². The summed E-state index contributed by atoms with van der Waals surface area (Å²) < 4.78 is 10.4. The van der Waals surface area contributed by atoms with E-state index in [1.165, 1.54) is 0 Å². The molecule has 70 valence electrons. The second-order valence-corrected chi connectivity index (χ2v) is 3.14. The van der Waals surface area contributed by atoms with Crippen molar-refractivity contribution in [1.82, 2.24) is 0 Å². The van der Waals surface area contributed by atoms with E-state index in [2.05, 4.69) is 0 Å². The molecule has 3 nitrogen and oxygen atoms in total. The summed E-state index contributed by atoms with van der Waals surface area (Å²) in [6, 6.07) is 7.08. The maximum atomic E-state index is 9.15. The van der Waals surface area contributed by atoms with Crippen molar-refractivity contribution in [2.24, 2.45) is 0 Å². The molecule has 1 atom stereocenters. The molecule has 1 unspecified atom stereocenters. The molecule has 1 aromatic rings. The molecule has 0 aromatic heterocycles. The molecule has 0 spiro atoms. The van der Waals surface area contributed by atoms with Crippen LogP contribution in [0.3, 0.4) is 0 Å². The first-order valence-electron chi connectivity index (χ1n) is 4.32. The second-order valence-electron chi connectivity index (χ2n) is 3.14. The number of aromatic hydroxyl groups is 1. The van der Waals surface area contributed by atoms with Crippen LogP contribution >= 0.6 is 0 Å². The van der Waals surface area contributed by atoms with E-state index in [4.69, 9.17) is 14.6 Å². The molecular weight excluding hydrogens is 168 g/mol. The van der Waals surface area contributed by atoms with Crippen molar-refractivity contribution in [3.05, 3.63) is 29.8 Å². The third-order valence-corrected chi connectivity index (χ3v) is 1.89. The molecule has 1 aliphatic rings. The van der Waals surface area contributed by atoms with Crippen molar-refractivity contribution in [2.45, 2.75) is 12.7 Å². The Morgan fingerprint density at radius 2 is 2.38 bits per heavy atom. The first-order chi connectivity index (χ1) is 6.34. The number of ether oxygens (including phenoxy) is 2. The molecule has 0 aliphatic carbocycles. The SMILES string of the molecule is Oc1cccc(COCC2CO2)c1. The van der Waals surface area contributed by atoms with Crippen LogP contribution in [0.25, 0.3) is 0 Å². The molecule has 1 aromatic carbocycles. The van der Waals surface area contributed by atoms with Crippen LogP contribution in [0.15, 0.2) is 24.3 Å².